The van der Waals surface area contributed by atoms with E-state index in [1.807, 2.05) is 12.1 Å². The second-order valence-corrected chi connectivity index (χ2v) is 4.97. The second-order valence-electron chi connectivity index (χ2n) is 4.97. The maximum atomic E-state index is 6.17. The summed E-state index contributed by atoms with van der Waals surface area (Å²) in [6.45, 7) is 10.2. The molecule has 1 aromatic rings. The van der Waals surface area contributed by atoms with Gasteiger partial charge in [-0.15, -0.1) is 0 Å². The Balaban J connectivity index is 3.18. The van der Waals surface area contributed by atoms with Gasteiger partial charge in [0.25, 0.3) is 0 Å². The van der Waals surface area contributed by atoms with Crippen LogP contribution in [0.3, 0.4) is 0 Å². The number of likely N-dealkylation sites (N-methyl/N-ethyl adjacent to an activating group) is 1. The second kappa shape index (κ2) is 8.28. The molecule has 0 fully saturated rings. The van der Waals surface area contributed by atoms with Crippen LogP contribution in [0.15, 0.2) is 24.3 Å². The predicted molar refractivity (Wildman–Crippen MR) is 84.4 cm³/mol. The number of rotatable bonds is 9. The lowest BCUT2D eigenvalue weighted by Gasteiger charge is -2.40. The molecule has 0 aliphatic heterocycles. The maximum Gasteiger partial charge on any atom is 0.119 e. The molecule has 0 radical (unpaired) electrons. The summed E-state index contributed by atoms with van der Waals surface area (Å²) < 4.78 is 11.5. The molecule has 20 heavy (non-hydrogen) atoms. The minimum absolute atomic E-state index is 0.170. The molecule has 0 aromatic heterocycles. The molecule has 0 heterocycles. The quantitative estimate of drug-likeness (QED) is 0.742. The van der Waals surface area contributed by atoms with Gasteiger partial charge in [-0.3, -0.25) is 0 Å². The monoisotopic (exact) mass is 279 g/mol. The molecular weight excluding hydrogens is 250 g/mol. The molecule has 0 saturated carbocycles. The van der Waals surface area contributed by atoms with E-state index in [1.165, 1.54) is 5.56 Å². The highest BCUT2D eigenvalue weighted by molar-refractivity contribution is 5.32. The van der Waals surface area contributed by atoms with Crippen molar-refractivity contribution in [3.05, 3.63) is 29.8 Å². The fourth-order valence-electron chi connectivity index (χ4n) is 2.87. The van der Waals surface area contributed by atoms with Crippen molar-refractivity contribution in [2.24, 2.45) is 0 Å². The van der Waals surface area contributed by atoms with E-state index in [1.54, 1.807) is 7.11 Å². The van der Waals surface area contributed by atoms with Crippen molar-refractivity contribution in [3.63, 3.8) is 0 Å². The minimum Gasteiger partial charge on any atom is -0.497 e. The number of ether oxygens (including phenoxy) is 2. The summed E-state index contributed by atoms with van der Waals surface area (Å²) in [5, 5.41) is 3.60. The largest absolute Gasteiger partial charge is 0.497 e. The highest BCUT2D eigenvalue weighted by Crippen LogP contribution is 2.36. The fraction of sp³-hybridized carbons (Fsp3) is 0.647. The van der Waals surface area contributed by atoms with Crippen LogP contribution in [0, 0.1) is 0 Å². The zero-order valence-corrected chi connectivity index (χ0v) is 13.5. The van der Waals surface area contributed by atoms with Gasteiger partial charge in [-0.25, -0.2) is 0 Å². The Morgan fingerprint density at radius 1 is 1.15 bits per heavy atom. The van der Waals surface area contributed by atoms with Crippen LogP contribution in [0.4, 0.5) is 0 Å². The first-order chi connectivity index (χ1) is 9.67. The molecule has 114 valence electrons. The van der Waals surface area contributed by atoms with Gasteiger partial charge in [-0.1, -0.05) is 32.9 Å². The molecule has 0 aliphatic rings. The summed E-state index contributed by atoms with van der Waals surface area (Å²) in [6, 6.07) is 8.45. The zero-order valence-electron chi connectivity index (χ0n) is 13.5. The van der Waals surface area contributed by atoms with Crippen LogP contribution in [0.5, 0.6) is 5.75 Å². The summed E-state index contributed by atoms with van der Waals surface area (Å²) in [6.07, 6.45) is 1.96. The Hall–Kier alpha value is -1.06. The van der Waals surface area contributed by atoms with Crippen LogP contribution in [0.1, 0.15) is 52.1 Å². The standard InChI is InChI=1S/C17H29NO2/c1-6-17(7-2,20-9-4)16(18-8-3)14-11-10-12-15(13-14)19-5/h10-13,16,18H,6-9H2,1-5H3. The molecule has 3 nitrogen and oxygen atoms in total. The Morgan fingerprint density at radius 2 is 1.85 bits per heavy atom. The van der Waals surface area contributed by atoms with Gasteiger partial charge in [0.1, 0.15) is 5.75 Å². The Bertz CT molecular complexity index is 388. The fourth-order valence-corrected chi connectivity index (χ4v) is 2.87. The first-order valence-electron chi connectivity index (χ1n) is 7.68. The van der Waals surface area contributed by atoms with Crippen LogP contribution < -0.4 is 10.1 Å². The number of nitrogens with one attached hydrogen (secondary N) is 1. The van der Waals surface area contributed by atoms with E-state index in [4.69, 9.17) is 9.47 Å². The molecule has 0 bridgehead atoms. The third-order valence-electron chi connectivity index (χ3n) is 3.99. The van der Waals surface area contributed by atoms with Crippen LogP contribution in [-0.2, 0) is 4.74 Å². The molecule has 1 N–H and O–H groups in total. The smallest absolute Gasteiger partial charge is 0.119 e. The van der Waals surface area contributed by atoms with Gasteiger partial charge in [0.15, 0.2) is 0 Å². The molecule has 3 heteroatoms. The first kappa shape index (κ1) is 17.0. The van der Waals surface area contributed by atoms with E-state index in [0.29, 0.717) is 0 Å². The SMILES string of the molecule is CCNC(c1cccc(OC)c1)C(CC)(CC)OCC. The van der Waals surface area contributed by atoms with Crippen molar-refractivity contribution in [3.8, 4) is 5.75 Å². The lowest BCUT2D eigenvalue weighted by Crippen LogP contribution is -2.45. The zero-order chi connectivity index (χ0) is 15.0. The summed E-state index contributed by atoms with van der Waals surface area (Å²) in [4.78, 5) is 0. The highest BCUT2D eigenvalue weighted by atomic mass is 16.5. The van der Waals surface area contributed by atoms with Crippen molar-refractivity contribution in [2.45, 2.75) is 52.2 Å². The van der Waals surface area contributed by atoms with E-state index < -0.39 is 0 Å². The molecule has 0 amide bonds. The van der Waals surface area contributed by atoms with E-state index in [0.717, 1.165) is 31.7 Å². The van der Waals surface area contributed by atoms with E-state index in [2.05, 4.69) is 45.1 Å². The van der Waals surface area contributed by atoms with Crippen LogP contribution >= 0.6 is 0 Å². The number of hydrogen-bond acceptors (Lipinski definition) is 3. The van der Waals surface area contributed by atoms with Gasteiger partial charge < -0.3 is 14.8 Å². The van der Waals surface area contributed by atoms with Crippen LogP contribution in [0.25, 0.3) is 0 Å². The Kier molecular flexibility index (Phi) is 7.03. The number of benzene rings is 1. The molecular formula is C17H29NO2. The lowest BCUT2D eigenvalue weighted by atomic mass is 9.83. The van der Waals surface area contributed by atoms with E-state index in [9.17, 15) is 0 Å². The molecule has 1 unspecified atom stereocenters. The van der Waals surface area contributed by atoms with Gasteiger partial charge >= 0.3 is 0 Å². The van der Waals surface area contributed by atoms with Crippen molar-refractivity contribution in [1.82, 2.24) is 5.32 Å². The van der Waals surface area contributed by atoms with Gasteiger partial charge in [-0.2, -0.15) is 0 Å². The van der Waals surface area contributed by atoms with Crippen molar-refractivity contribution < 1.29 is 9.47 Å². The average Bonchev–Trinajstić information content (AvgIpc) is 2.51. The Labute approximate surface area is 123 Å². The first-order valence-corrected chi connectivity index (χ1v) is 7.68. The molecule has 1 rings (SSSR count). The molecule has 0 saturated heterocycles. The average molecular weight is 279 g/mol. The van der Waals surface area contributed by atoms with E-state index >= 15 is 0 Å². The van der Waals surface area contributed by atoms with Gasteiger partial charge in [0.05, 0.1) is 18.8 Å². The maximum absolute atomic E-state index is 6.17. The normalized spacial score (nSPS) is 13.2. The van der Waals surface area contributed by atoms with Gasteiger partial charge in [-0.05, 0) is 44.0 Å². The summed E-state index contributed by atoms with van der Waals surface area (Å²) in [5.41, 5.74) is 1.06. The van der Waals surface area contributed by atoms with Crippen LogP contribution in [-0.4, -0.2) is 25.9 Å². The third-order valence-corrected chi connectivity index (χ3v) is 3.99. The number of methoxy groups -OCH3 is 1. The van der Waals surface area contributed by atoms with Gasteiger partial charge in [0.2, 0.25) is 0 Å². The molecule has 0 spiro atoms. The topological polar surface area (TPSA) is 30.5 Å². The third kappa shape index (κ3) is 3.74. The summed E-state index contributed by atoms with van der Waals surface area (Å²) >= 11 is 0. The molecule has 0 aliphatic carbocycles. The van der Waals surface area contributed by atoms with Crippen LogP contribution in [0.2, 0.25) is 0 Å². The predicted octanol–water partition coefficient (Wildman–Crippen LogP) is 3.94. The Morgan fingerprint density at radius 3 is 2.35 bits per heavy atom. The summed E-state index contributed by atoms with van der Waals surface area (Å²) in [7, 11) is 1.71. The van der Waals surface area contributed by atoms with Crippen molar-refractivity contribution in [2.75, 3.05) is 20.3 Å². The lowest BCUT2D eigenvalue weighted by molar-refractivity contribution is -0.0730. The van der Waals surface area contributed by atoms with Gasteiger partial charge in [0, 0.05) is 6.61 Å². The highest BCUT2D eigenvalue weighted by Gasteiger charge is 2.37. The van der Waals surface area contributed by atoms with Crippen molar-refractivity contribution >= 4 is 0 Å². The minimum atomic E-state index is -0.170. The number of hydrogen-bond donors (Lipinski definition) is 1. The molecule has 1 aromatic carbocycles. The summed E-state index contributed by atoms with van der Waals surface area (Å²) in [5.74, 6) is 0.892. The van der Waals surface area contributed by atoms with Crippen molar-refractivity contribution in [1.29, 1.82) is 0 Å². The van der Waals surface area contributed by atoms with E-state index in [-0.39, 0.29) is 11.6 Å². The molecule has 1 atom stereocenters.